The molecule has 3 heterocycles. The average Bonchev–Trinajstić information content (AvgIpc) is 3.00. The van der Waals surface area contributed by atoms with Crippen molar-refractivity contribution < 1.29 is 9.26 Å². The van der Waals surface area contributed by atoms with E-state index in [9.17, 15) is 0 Å². The quantitative estimate of drug-likeness (QED) is 0.834. The number of hydrogen-bond acceptors (Lipinski definition) is 5. The van der Waals surface area contributed by atoms with Crippen molar-refractivity contribution in [2.45, 2.75) is 19.5 Å². The van der Waals surface area contributed by atoms with Gasteiger partial charge in [-0.15, -0.1) is 0 Å². The molecular formula is C13H18N4O2. The standard InChI is InChI=1S/C13H18N4O2/c1-10-14-13(19-15-10)12-9-18-7-6-17(12)8-11-4-3-5-16(11)2/h3-5,12H,6-9H2,1-2H3/t12-/m0/s1. The first-order valence-electron chi connectivity index (χ1n) is 6.46. The zero-order chi connectivity index (χ0) is 13.2. The minimum atomic E-state index is 0.0462. The van der Waals surface area contributed by atoms with Gasteiger partial charge < -0.3 is 13.8 Å². The Morgan fingerprint density at radius 2 is 2.37 bits per heavy atom. The Bertz CT molecular complexity index is 548. The smallest absolute Gasteiger partial charge is 0.246 e. The average molecular weight is 262 g/mol. The number of ether oxygens (including phenoxy) is 1. The summed E-state index contributed by atoms with van der Waals surface area (Å²) in [5.41, 5.74) is 1.27. The lowest BCUT2D eigenvalue weighted by Crippen LogP contribution is -2.39. The Kier molecular flexibility index (Phi) is 3.35. The van der Waals surface area contributed by atoms with E-state index >= 15 is 0 Å². The van der Waals surface area contributed by atoms with E-state index in [2.05, 4.69) is 45.0 Å². The van der Waals surface area contributed by atoms with Crippen LogP contribution in [-0.4, -0.2) is 39.4 Å². The third-order valence-corrected chi connectivity index (χ3v) is 3.48. The zero-order valence-electron chi connectivity index (χ0n) is 11.2. The first kappa shape index (κ1) is 12.4. The summed E-state index contributed by atoms with van der Waals surface area (Å²) in [6.07, 6.45) is 2.06. The largest absolute Gasteiger partial charge is 0.378 e. The van der Waals surface area contributed by atoms with Gasteiger partial charge in [-0.05, 0) is 19.1 Å². The van der Waals surface area contributed by atoms with Crippen LogP contribution in [0.25, 0.3) is 0 Å². The van der Waals surface area contributed by atoms with E-state index in [1.807, 2.05) is 6.92 Å². The number of nitrogens with zero attached hydrogens (tertiary/aromatic N) is 4. The highest BCUT2D eigenvalue weighted by Crippen LogP contribution is 2.24. The number of rotatable bonds is 3. The summed E-state index contributed by atoms with van der Waals surface area (Å²) in [7, 11) is 2.06. The zero-order valence-corrected chi connectivity index (χ0v) is 11.2. The maximum Gasteiger partial charge on any atom is 0.246 e. The summed E-state index contributed by atoms with van der Waals surface area (Å²) in [6, 6.07) is 4.23. The van der Waals surface area contributed by atoms with Crippen LogP contribution in [0.15, 0.2) is 22.9 Å². The molecular weight excluding hydrogens is 244 g/mol. The van der Waals surface area contributed by atoms with Crippen molar-refractivity contribution in [3.05, 3.63) is 35.7 Å². The van der Waals surface area contributed by atoms with E-state index < -0.39 is 0 Å². The molecule has 6 heteroatoms. The lowest BCUT2D eigenvalue weighted by molar-refractivity contribution is -0.0249. The second kappa shape index (κ2) is 5.14. The Hall–Kier alpha value is -1.66. The molecule has 3 rings (SSSR count). The second-order valence-corrected chi connectivity index (χ2v) is 4.85. The van der Waals surface area contributed by atoms with E-state index in [1.165, 1.54) is 5.69 Å². The molecule has 2 aromatic heterocycles. The van der Waals surface area contributed by atoms with Crippen molar-refractivity contribution in [2.24, 2.45) is 7.05 Å². The maximum atomic E-state index is 5.55. The molecule has 6 nitrogen and oxygen atoms in total. The molecule has 0 spiro atoms. The van der Waals surface area contributed by atoms with Crippen molar-refractivity contribution >= 4 is 0 Å². The van der Waals surface area contributed by atoms with Crippen molar-refractivity contribution in [2.75, 3.05) is 19.8 Å². The van der Waals surface area contributed by atoms with Gasteiger partial charge in [-0.1, -0.05) is 5.16 Å². The van der Waals surface area contributed by atoms with E-state index in [-0.39, 0.29) is 6.04 Å². The SMILES string of the molecule is Cc1noc([C@@H]2COCCN2Cc2cccn2C)n1. The van der Waals surface area contributed by atoms with Gasteiger partial charge >= 0.3 is 0 Å². The molecule has 19 heavy (non-hydrogen) atoms. The van der Waals surface area contributed by atoms with Gasteiger partial charge in [-0.25, -0.2) is 0 Å². The van der Waals surface area contributed by atoms with E-state index in [4.69, 9.17) is 9.26 Å². The van der Waals surface area contributed by atoms with Gasteiger partial charge in [0.05, 0.1) is 13.2 Å². The van der Waals surface area contributed by atoms with Crippen LogP contribution >= 0.6 is 0 Å². The lowest BCUT2D eigenvalue weighted by Gasteiger charge is -2.33. The number of morpholine rings is 1. The lowest BCUT2D eigenvalue weighted by atomic mass is 10.2. The minimum absolute atomic E-state index is 0.0462. The number of hydrogen-bond donors (Lipinski definition) is 0. The summed E-state index contributed by atoms with van der Waals surface area (Å²) in [4.78, 5) is 6.66. The summed E-state index contributed by atoms with van der Waals surface area (Å²) in [6.45, 7) is 4.91. The van der Waals surface area contributed by atoms with Gasteiger partial charge in [-0.2, -0.15) is 4.98 Å². The third kappa shape index (κ3) is 2.54. The monoisotopic (exact) mass is 262 g/mol. The van der Waals surface area contributed by atoms with Crippen LogP contribution in [0.4, 0.5) is 0 Å². The Labute approximate surface area is 112 Å². The molecule has 0 amide bonds. The summed E-state index contributed by atoms with van der Waals surface area (Å²) in [5, 5.41) is 3.87. The highest BCUT2D eigenvalue weighted by molar-refractivity contribution is 5.07. The second-order valence-electron chi connectivity index (χ2n) is 4.85. The number of aromatic nitrogens is 3. The molecule has 0 aliphatic carbocycles. The van der Waals surface area contributed by atoms with Crippen LogP contribution in [0.2, 0.25) is 0 Å². The first-order valence-corrected chi connectivity index (χ1v) is 6.46. The van der Waals surface area contributed by atoms with E-state index in [0.29, 0.717) is 18.3 Å². The first-order chi connectivity index (χ1) is 9.24. The van der Waals surface area contributed by atoms with Crippen LogP contribution in [-0.2, 0) is 18.3 Å². The molecule has 1 aliphatic rings. The molecule has 1 fully saturated rings. The van der Waals surface area contributed by atoms with Gasteiger partial charge in [0.1, 0.15) is 6.04 Å². The molecule has 0 bridgehead atoms. The fraction of sp³-hybridized carbons (Fsp3) is 0.538. The van der Waals surface area contributed by atoms with Crippen LogP contribution in [0.5, 0.6) is 0 Å². The highest BCUT2D eigenvalue weighted by atomic mass is 16.5. The van der Waals surface area contributed by atoms with Crippen molar-refractivity contribution in [3.8, 4) is 0 Å². The molecule has 0 N–H and O–H groups in total. The molecule has 0 saturated carbocycles. The van der Waals surface area contributed by atoms with Gasteiger partial charge in [0.2, 0.25) is 5.89 Å². The summed E-state index contributed by atoms with van der Waals surface area (Å²) in [5.74, 6) is 1.31. The molecule has 2 aromatic rings. The Balaban J connectivity index is 1.79. The Morgan fingerprint density at radius 3 is 3.05 bits per heavy atom. The van der Waals surface area contributed by atoms with Crippen LogP contribution < -0.4 is 0 Å². The summed E-state index contributed by atoms with van der Waals surface area (Å²) < 4.78 is 13.0. The fourth-order valence-electron chi connectivity index (χ4n) is 2.37. The molecule has 1 saturated heterocycles. The molecule has 1 atom stereocenters. The van der Waals surface area contributed by atoms with Gasteiger partial charge in [0, 0.05) is 32.0 Å². The normalized spacial score (nSPS) is 20.8. The van der Waals surface area contributed by atoms with Crippen LogP contribution in [0.1, 0.15) is 23.5 Å². The van der Waals surface area contributed by atoms with Crippen LogP contribution in [0.3, 0.4) is 0 Å². The predicted molar refractivity (Wildman–Crippen MR) is 68.4 cm³/mol. The summed E-state index contributed by atoms with van der Waals surface area (Å²) >= 11 is 0. The van der Waals surface area contributed by atoms with E-state index in [0.717, 1.165) is 19.7 Å². The van der Waals surface area contributed by atoms with Crippen molar-refractivity contribution in [1.29, 1.82) is 0 Å². The topological polar surface area (TPSA) is 56.3 Å². The Morgan fingerprint density at radius 1 is 1.47 bits per heavy atom. The van der Waals surface area contributed by atoms with Gasteiger partial charge in [0.25, 0.3) is 0 Å². The highest BCUT2D eigenvalue weighted by Gasteiger charge is 2.29. The maximum absolute atomic E-state index is 5.55. The molecule has 0 radical (unpaired) electrons. The molecule has 1 aliphatic heterocycles. The van der Waals surface area contributed by atoms with Gasteiger partial charge in [0.15, 0.2) is 5.82 Å². The van der Waals surface area contributed by atoms with Crippen molar-refractivity contribution in [3.63, 3.8) is 0 Å². The van der Waals surface area contributed by atoms with Gasteiger partial charge in [-0.3, -0.25) is 4.90 Å². The number of aryl methyl sites for hydroxylation is 2. The minimum Gasteiger partial charge on any atom is -0.378 e. The fourth-order valence-corrected chi connectivity index (χ4v) is 2.37. The van der Waals surface area contributed by atoms with E-state index in [1.54, 1.807) is 0 Å². The van der Waals surface area contributed by atoms with Crippen molar-refractivity contribution in [1.82, 2.24) is 19.6 Å². The predicted octanol–water partition coefficient (Wildman–Crippen LogP) is 1.29. The molecule has 0 unspecified atom stereocenters. The molecule has 0 aromatic carbocycles. The molecule has 102 valence electrons. The van der Waals surface area contributed by atoms with Crippen LogP contribution in [0, 0.1) is 6.92 Å². The third-order valence-electron chi connectivity index (χ3n) is 3.48.